The Hall–Kier alpha value is -2.95. The molecule has 5 rings (SSSR count). The van der Waals surface area contributed by atoms with Crippen molar-refractivity contribution in [3.8, 4) is 0 Å². The standard InChI is InChI=1S/C23H22FN3O/c24-19-5-3-6-20-21(19)23(11-1-2-12-23)16-27(20)22(28)18-9-7-17(8-10-18)15-26-14-4-13-25-26/h3-10,13-14H,1-2,11-12,15-16H2. The lowest BCUT2D eigenvalue weighted by Crippen LogP contribution is -2.35. The second kappa shape index (κ2) is 6.59. The molecule has 3 aromatic rings. The highest BCUT2D eigenvalue weighted by Gasteiger charge is 2.48. The number of carbonyl (C=O) groups excluding carboxylic acids is 1. The van der Waals surface area contributed by atoms with Crippen molar-refractivity contribution in [3.05, 3.63) is 83.4 Å². The molecular weight excluding hydrogens is 353 g/mol. The number of nitrogens with zero attached hydrogens (tertiary/aromatic N) is 3. The number of hydrogen-bond acceptors (Lipinski definition) is 2. The van der Waals surface area contributed by atoms with E-state index in [1.54, 1.807) is 17.2 Å². The zero-order chi connectivity index (χ0) is 19.1. The van der Waals surface area contributed by atoms with E-state index in [2.05, 4.69) is 5.10 Å². The lowest BCUT2D eigenvalue weighted by Gasteiger charge is -2.25. The Labute approximate surface area is 163 Å². The van der Waals surface area contributed by atoms with Crippen LogP contribution in [-0.4, -0.2) is 22.2 Å². The van der Waals surface area contributed by atoms with Gasteiger partial charge in [0.1, 0.15) is 5.82 Å². The fourth-order valence-electron chi connectivity index (χ4n) is 4.86. The number of carbonyl (C=O) groups is 1. The fraction of sp³-hybridized carbons (Fsp3) is 0.304. The van der Waals surface area contributed by atoms with Crippen LogP contribution in [0.1, 0.15) is 47.2 Å². The van der Waals surface area contributed by atoms with Crippen LogP contribution in [0.3, 0.4) is 0 Å². The molecule has 4 nitrogen and oxygen atoms in total. The Morgan fingerprint density at radius 3 is 2.57 bits per heavy atom. The fourth-order valence-corrected chi connectivity index (χ4v) is 4.86. The summed E-state index contributed by atoms with van der Waals surface area (Å²) in [5.74, 6) is -0.231. The van der Waals surface area contributed by atoms with E-state index in [0.29, 0.717) is 18.7 Å². The number of anilines is 1. The van der Waals surface area contributed by atoms with Gasteiger partial charge in [-0.3, -0.25) is 9.48 Å². The summed E-state index contributed by atoms with van der Waals surface area (Å²) in [6, 6.07) is 14.6. The summed E-state index contributed by atoms with van der Waals surface area (Å²) in [6.07, 6.45) is 7.76. The Kier molecular flexibility index (Phi) is 4.04. The summed E-state index contributed by atoms with van der Waals surface area (Å²) >= 11 is 0. The number of fused-ring (bicyclic) bond motifs is 2. The molecule has 28 heavy (non-hydrogen) atoms. The molecule has 0 atom stereocenters. The summed E-state index contributed by atoms with van der Waals surface area (Å²) in [4.78, 5) is 15.1. The van der Waals surface area contributed by atoms with Crippen LogP contribution < -0.4 is 4.90 Å². The molecule has 1 amide bonds. The highest BCUT2D eigenvalue weighted by molar-refractivity contribution is 6.07. The van der Waals surface area contributed by atoms with Gasteiger partial charge in [-0.25, -0.2) is 4.39 Å². The zero-order valence-corrected chi connectivity index (χ0v) is 15.6. The van der Waals surface area contributed by atoms with Crippen molar-refractivity contribution < 1.29 is 9.18 Å². The van der Waals surface area contributed by atoms with E-state index >= 15 is 0 Å². The second-order valence-corrected chi connectivity index (χ2v) is 7.91. The van der Waals surface area contributed by atoms with E-state index in [4.69, 9.17) is 0 Å². The molecule has 1 aliphatic heterocycles. The molecule has 1 fully saturated rings. The first-order valence-electron chi connectivity index (χ1n) is 9.84. The predicted octanol–water partition coefficient (Wildman–Crippen LogP) is 4.54. The van der Waals surface area contributed by atoms with Gasteiger partial charge in [-0.05, 0) is 48.7 Å². The van der Waals surface area contributed by atoms with Crippen molar-refractivity contribution >= 4 is 11.6 Å². The number of halogens is 1. The maximum Gasteiger partial charge on any atom is 0.258 e. The summed E-state index contributed by atoms with van der Waals surface area (Å²) < 4.78 is 16.6. The highest BCUT2D eigenvalue weighted by atomic mass is 19.1. The molecule has 0 N–H and O–H groups in total. The smallest absolute Gasteiger partial charge is 0.258 e. The number of aromatic nitrogens is 2. The number of hydrogen-bond donors (Lipinski definition) is 0. The van der Waals surface area contributed by atoms with Crippen molar-refractivity contribution in [1.82, 2.24) is 9.78 Å². The van der Waals surface area contributed by atoms with Crippen LogP contribution in [0.2, 0.25) is 0 Å². The van der Waals surface area contributed by atoms with Gasteiger partial charge in [-0.15, -0.1) is 0 Å². The molecule has 2 aliphatic rings. The van der Waals surface area contributed by atoms with Crippen LogP contribution in [0.25, 0.3) is 0 Å². The van der Waals surface area contributed by atoms with Crippen molar-refractivity contribution in [3.63, 3.8) is 0 Å². The van der Waals surface area contributed by atoms with E-state index < -0.39 is 0 Å². The molecule has 2 heterocycles. The summed E-state index contributed by atoms with van der Waals surface area (Å²) in [7, 11) is 0. The van der Waals surface area contributed by atoms with Crippen LogP contribution in [0.4, 0.5) is 10.1 Å². The van der Waals surface area contributed by atoms with Crippen molar-refractivity contribution in [2.45, 2.75) is 37.6 Å². The second-order valence-electron chi connectivity index (χ2n) is 7.91. The van der Waals surface area contributed by atoms with Gasteiger partial charge < -0.3 is 4.90 Å². The summed E-state index contributed by atoms with van der Waals surface area (Å²) in [5.41, 5.74) is 3.00. The van der Waals surface area contributed by atoms with Gasteiger partial charge in [-0.2, -0.15) is 5.10 Å². The van der Waals surface area contributed by atoms with E-state index in [0.717, 1.165) is 42.5 Å². The van der Waals surface area contributed by atoms with Gasteiger partial charge in [0.05, 0.1) is 12.2 Å². The normalized spacial score (nSPS) is 17.2. The van der Waals surface area contributed by atoms with E-state index in [-0.39, 0.29) is 17.1 Å². The molecule has 0 radical (unpaired) electrons. The Morgan fingerprint density at radius 1 is 1.07 bits per heavy atom. The number of rotatable bonds is 3. The molecule has 142 valence electrons. The Bertz CT molecular complexity index is 1000. The van der Waals surface area contributed by atoms with Crippen LogP contribution in [-0.2, 0) is 12.0 Å². The monoisotopic (exact) mass is 375 g/mol. The van der Waals surface area contributed by atoms with Crippen LogP contribution in [0.15, 0.2) is 60.9 Å². The van der Waals surface area contributed by atoms with Gasteiger partial charge in [0.25, 0.3) is 5.91 Å². The summed E-state index contributed by atoms with van der Waals surface area (Å²) in [6.45, 7) is 1.25. The quantitative estimate of drug-likeness (QED) is 0.674. The minimum atomic E-state index is -0.212. The zero-order valence-electron chi connectivity index (χ0n) is 15.6. The molecule has 2 aromatic carbocycles. The third-order valence-electron chi connectivity index (χ3n) is 6.18. The van der Waals surface area contributed by atoms with Gasteiger partial charge in [0.15, 0.2) is 0 Å². The average Bonchev–Trinajstić information content (AvgIpc) is 3.45. The van der Waals surface area contributed by atoms with Crippen molar-refractivity contribution in [2.24, 2.45) is 0 Å². The molecule has 5 heteroatoms. The maximum atomic E-state index is 14.7. The summed E-state index contributed by atoms with van der Waals surface area (Å²) in [5, 5.41) is 4.21. The maximum absolute atomic E-state index is 14.7. The molecular formula is C23H22FN3O. The number of amides is 1. The van der Waals surface area contributed by atoms with E-state index in [9.17, 15) is 9.18 Å². The highest BCUT2D eigenvalue weighted by Crippen LogP contribution is 2.51. The van der Waals surface area contributed by atoms with Gasteiger partial charge in [-0.1, -0.05) is 31.0 Å². The average molecular weight is 375 g/mol. The van der Waals surface area contributed by atoms with Crippen molar-refractivity contribution in [2.75, 3.05) is 11.4 Å². The van der Waals surface area contributed by atoms with Crippen LogP contribution in [0.5, 0.6) is 0 Å². The minimum absolute atomic E-state index is 0.0544. The first-order chi connectivity index (χ1) is 13.7. The first kappa shape index (κ1) is 17.2. The van der Waals surface area contributed by atoms with E-state index in [1.807, 2.05) is 47.3 Å². The van der Waals surface area contributed by atoms with Crippen LogP contribution >= 0.6 is 0 Å². The van der Waals surface area contributed by atoms with Gasteiger partial charge >= 0.3 is 0 Å². The molecule has 0 saturated heterocycles. The largest absolute Gasteiger partial charge is 0.307 e. The predicted molar refractivity (Wildman–Crippen MR) is 106 cm³/mol. The Balaban J connectivity index is 1.44. The molecule has 0 unspecified atom stereocenters. The lowest BCUT2D eigenvalue weighted by molar-refractivity contribution is 0.0985. The molecule has 1 aliphatic carbocycles. The van der Waals surface area contributed by atoms with Crippen LogP contribution in [0, 0.1) is 5.82 Å². The first-order valence-corrected chi connectivity index (χ1v) is 9.84. The minimum Gasteiger partial charge on any atom is -0.307 e. The van der Waals surface area contributed by atoms with E-state index in [1.165, 1.54) is 6.07 Å². The third-order valence-corrected chi connectivity index (χ3v) is 6.18. The van der Waals surface area contributed by atoms with Crippen molar-refractivity contribution in [1.29, 1.82) is 0 Å². The molecule has 0 bridgehead atoms. The van der Waals surface area contributed by atoms with Gasteiger partial charge in [0, 0.05) is 35.5 Å². The van der Waals surface area contributed by atoms with Gasteiger partial charge in [0.2, 0.25) is 0 Å². The third kappa shape index (κ3) is 2.73. The topological polar surface area (TPSA) is 38.1 Å². The molecule has 1 aromatic heterocycles. The Morgan fingerprint density at radius 2 is 1.86 bits per heavy atom. The SMILES string of the molecule is O=C(c1ccc(Cn2cccn2)cc1)N1CC2(CCCC2)c2c(F)cccc21. The lowest BCUT2D eigenvalue weighted by atomic mass is 9.80. The number of benzene rings is 2. The molecule has 1 saturated carbocycles. The molecule has 1 spiro atoms.